The van der Waals surface area contributed by atoms with Crippen LogP contribution >= 0.6 is 0 Å². The van der Waals surface area contributed by atoms with E-state index in [1.165, 1.54) is 32.4 Å². The number of hydrogen-bond donors (Lipinski definition) is 0. The molecule has 0 spiro atoms. The van der Waals surface area contributed by atoms with E-state index in [-0.39, 0.29) is 17.3 Å². The molecule has 0 saturated carbocycles. The van der Waals surface area contributed by atoms with Gasteiger partial charge in [0.2, 0.25) is 0 Å². The third-order valence-electron chi connectivity index (χ3n) is 3.91. The van der Waals surface area contributed by atoms with Gasteiger partial charge in [0.05, 0.1) is 25.2 Å². The fourth-order valence-corrected chi connectivity index (χ4v) is 2.82. The Balaban J connectivity index is 2.17. The molecule has 120 valence electrons. The quantitative estimate of drug-likeness (QED) is 0.638. The highest BCUT2D eigenvalue weighted by Gasteiger charge is 2.29. The number of halogens is 1. The van der Waals surface area contributed by atoms with Crippen LogP contribution in [0.3, 0.4) is 0 Å². The molecule has 0 N–H and O–H groups in total. The monoisotopic (exact) mass is 318 g/mol. The Hall–Kier alpha value is -2.83. The van der Waals surface area contributed by atoms with Crippen molar-refractivity contribution < 1.29 is 18.8 Å². The van der Waals surface area contributed by atoms with E-state index in [1.54, 1.807) is 17.0 Å². The van der Waals surface area contributed by atoms with Gasteiger partial charge in [-0.2, -0.15) is 0 Å². The van der Waals surface area contributed by atoms with Crippen LogP contribution < -0.4 is 14.4 Å². The van der Waals surface area contributed by atoms with Crippen molar-refractivity contribution in [3.63, 3.8) is 0 Å². The number of rotatable bonds is 4. The summed E-state index contributed by atoms with van der Waals surface area (Å²) >= 11 is 0. The van der Waals surface area contributed by atoms with Crippen LogP contribution in [0.1, 0.15) is 5.56 Å². The predicted octanol–water partition coefficient (Wildman–Crippen LogP) is 3.45. The van der Waals surface area contributed by atoms with Gasteiger partial charge in [0.1, 0.15) is 11.5 Å². The Kier molecular flexibility index (Phi) is 3.77. The number of nitro groups is 1. The highest BCUT2D eigenvalue weighted by molar-refractivity contribution is 5.79. The molecule has 1 aliphatic heterocycles. The number of nitrogens with zero attached hydrogens (tertiary/aromatic N) is 2. The van der Waals surface area contributed by atoms with Crippen molar-refractivity contribution in [3.8, 4) is 11.5 Å². The lowest BCUT2D eigenvalue weighted by atomic mass is 10.1. The van der Waals surface area contributed by atoms with Gasteiger partial charge in [0.25, 0.3) is 5.69 Å². The number of fused-ring (bicyclic) bond motifs is 1. The number of benzene rings is 2. The molecule has 0 bridgehead atoms. The molecule has 0 aromatic heterocycles. The summed E-state index contributed by atoms with van der Waals surface area (Å²) in [6.45, 7) is 0.537. The maximum atomic E-state index is 13.6. The zero-order chi connectivity index (χ0) is 16.6. The first-order valence-electron chi connectivity index (χ1n) is 7.01. The molecule has 1 heterocycles. The Morgan fingerprint density at radius 3 is 2.48 bits per heavy atom. The second-order valence-electron chi connectivity index (χ2n) is 5.13. The van der Waals surface area contributed by atoms with Crippen molar-refractivity contribution in [2.24, 2.45) is 0 Å². The van der Waals surface area contributed by atoms with Gasteiger partial charge in [-0.15, -0.1) is 0 Å². The molecule has 0 aliphatic carbocycles. The summed E-state index contributed by atoms with van der Waals surface area (Å²) in [6, 6.07) is 7.37. The second-order valence-corrected chi connectivity index (χ2v) is 5.13. The van der Waals surface area contributed by atoms with Crippen LogP contribution in [-0.4, -0.2) is 25.7 Å². The third kappa shape index (κ3) is 2.54. The lowest BCUT2D eigenvalue weighted by Gasteiger charge is -2.21. The molecule has 0 amide bonds. The van der Waals surface area contributed by atoms with E-state index in [1.807, 2.05) is 0 Å². The molecule has 0 unspecified atom stereocenters. The van der Waals surface area contributed by atoms with Crippen LogP contribution in [-0.2, 0) is 6.42 Å². The van der Waals surface area contributed by atoms with E-state index in [2.05, 4.69) is 0 Å². The van der Waals surface area contributed by atoms with Crippen molar-refractivity contribution in [3.05, 3.63) is 51.8 Å². The third-order valence-corrected chi connectivity index (χ3v) is 3.91. The molecule has 3 rings (SSSR count). The van der Waals surface area contributed by atoms with Gasteiger partial charge < -0.3 is 14.4 Å². The molecule has 0 radical (unpaired) electrons. The minimum absolute atomic E-state index is 0.111. The van der Waals surface area contributed by atoms with E-state index < -0.39 is 4.92 Å². The van der Waals surface area contributed by atoms with Crippen molar-refractivity contribution in [1.29, 1.82) is 0 Å². The Labute approximate surface area is 132 Å². The highest BCUT2D eigenvalue weighted by atomic mass is 19.1. The lowest BCUT2D eigenvalue weighted by molar-refractivity contribution is -0.384. The number of methoxy groups -OCH3 is 2. The van der Waals surface area contributed by atoms with Crippen molar-refractivity contribution >= 4 is 17.1 Å². The molecule has 0 atom stereocenters. The van der Waals surface area contributed by atoms with Crippen LogP contribution in [0.5, 0.6) is 11.5 Å². The van der Waals surface area contributed by atoms with Crippen LogP contribution in [0, 0.1) is 15.9 Å². The van der Waals surface area contributed by atoms with Crippen molar-refractivity contribution in [1.82, 2.24) is 0 Å². The van der Waals surface area contributed by atoms with Gasteiger partial charge in [-0.25, -0.2) is 4.39 Å². The summed E-state index contributed by atoms with van der Waals surface area (Å²) in [7, 11) is 2.88. The standard InChI is InChI=1S/C16H15FN2O4/c1-22-15-8-13(14(19(20)21)9-16(15)23-2)18-6-5-10-3-4-11(17)7-12(10)18/h3-4,7-9H,5-6H2,1-2H3. The fourth-order valence-electron chi connectivity index (χ4n) is 2.82. The summed E-state index contributed by atoms with van der Waals surface area (Å²) in [5, 5.41) is 11.4. The van der Waals surface area contributed by atoms with Gasteiger partial charge in [-0.1, -0.05) is 6.07 Å². The van der Waals surface area contributed by atoms with Crippen molar-refractivity contribution in [2.45, 2.75) is 6.42 Å². The number of ether oxygens (including phenoxy) is 2. The van der Waals surface area contributed by atoms with Gasteiger partial charge in [-0.3, -0.25) is 10.1 Å². The Morgan fingerprint density at radius 1 is 1.13 bits per heavy atom. The van der Waals surface area contributed by atoms with E-state index >= 15 is 0 Å². The second kappa shape index (κ2) is 5.75. The minimum atomic E-state index is -0.478. The maximum absolute atomic E-state index is 13.6. The molecule has 7 heteroatoms. The van der Waals surface area contributed by atoms with Gasteiger partial charge >= 0.3 is 0 Å². The van der Waals surface area contributed by atoms with Gasteiger partial charge in [0, 0.05) is 18.3 Å². The summed E-state index contributed by atoms with van der Waals surface area (Å²) in [4.78, 5) is 12.7. The van der Waals surface area contributed by atoms with Crippen LogP contribution in [0.25, 0.3) is 0 Å². The first-order valence-corrected chi connectivity index (χ1v) is 7.01. The van der Waals surface area contributed by atoms with E-state index in [4.69, 9.17) is 9.47 Å². The van der Waals surface area contributed by atoms with E-state index in [9.17, 15) is 14.5 Å². The van der Waals surface area contributed by atoms with Gasteiger partial charge in [0.15, 0.2) is 11.5 Å². The average Bonchev–Trinajstić information content (AvgIpc) is 2.96. The number of anilines is 2. The van der Waals surface area contributed by atoms with Crippen LogP contribution in [0.2, 0.25) is 0 Å². The summed E-state index contributed by atoms with van der Waals surface area (Å²) < 4.78 is 23.9. The first kappa shape index (κ1) is 15.1. The first-order chi connectivity index (χ1) is 11.0. The molecule has 0 fully saturated rings. The van der Waals surface area contributed by atoms with Crippen LogP contribution in [0.4, 0.5) is 21.5 Å². The normalized spacial score (nSPS) is 12.9. The molecule has 23 heavy (non-hydrogen) atoms. The summed E-state index contributed by atoms with van der Waals surface area (Å²) in [6.07, 6.45) is 0.696. The largest absolute Gasteiger partial charge is 0.493 e. The maximum Gasteiger partial charge on any atom is 0.296 e. The average molecular weight is 318 g/mol. The molecule has 0 saturated heterocycles. The van der Waals surface area contributed by atoms with Crippen LogP contribution in [0.15, 0.2) is 30.3 Å². The lowest BCUT2D eigenvalue weighted by Crippen LogP contribution is -2.15. The number of nitro benzene ring substituents is 1. The summed E-state index contributed by atoms with van der Waals surface area (Å²) in [5.41, 5.74) is 1.84. The molecule has 1 aliphatic rings. The predicted molar refractivity (Wildman–Crippen MR) is 83.3 cm³/mol. The zero-order valence-electron chi connectivity index (χ0n) is 12.7. The van der Waals surface area contributed by atoms with Crippen molar-refractivity contribution in [2.75, 3.05) is 25.7 Å². The highest BCUT2D eigenvalue weighted by Crippen LogP contribution is 2.44. The van der Waals surface area contributed by atoms with Gasteiger partial charge in [-0.05, 0) is 24.1 Å². The SMILES string of the molecule is COc1cc(N2CCc3ccc(F)cc32)c([N+](=O)[O-])cc1OC. The van der Waals surface area contributed by atoms with E-state index in [0.717, 1.165) is 5.56 Å². The summed E-state index contributed by atoms with van der Waals surface area (Å²) in [5.74, 6) is 0.290. The topological polar surface area (TPSA) is 64.8 Å². The molecular formula is C16H15FN2O4. The zero-order valence-corrected chi connectivity index (χ0v) is 12.7. The molecule has 6 nitrogen and oxygen atoms in total. The Bertz CT molecular complexity index is 779. The fraction of sp³-hybridized carbons (Fsp3) is 0.250. The smallest absolute Gasteiger partial charge is 0.296 e. The molecule has 2 aromatic rings. The van der Waals surface area contributed by atoms with E-state index in [0.29, 0.717) is 30.1 Å². The molecule has 2 aromatic carbocycles. The molecular weight excluding hydrogens is 303 g/mol. The number of hydrogen-bond acceptors (Lipinski definition) is 5. The Morgan fingerprint density at radius 2 is 1.83 bits per heavy atom. The minimum Gasteiger partial charge on any atom is -0.493 e.